The Balaban J connectivity index is 2.34. The van der Waals surface area contributed by atoms with Crippen molar-refractivity contribution in [1.82, 2.24) is 14.7 Å². The fraction of sp³-hybridized carbons (Fsp3) is 0.308. The van der Waals surface area contributed by atoms with Crippen LogP contribution in [0.2, 0.25) is 0 Å². The number of ether oxygens (including phenoxy) is 1. The topological polar surface area (TPSA) is 76.5 Å². The normalized spacial score (nSPS) is 12.7. The molecule has 1 unspecified atom stereocenters. The van der Waals surface area contributed by atoms with Gasteiger partial charge in [0.2, 0.25) is 5.88 Å². The van der Waals surface area contributed by atoms with E-state index in [1.807, 2.05) is 30.3 Å². The van der Waals surface area contributed by atoms with Crippen LogP contribution in [0.3, 0.4) is 0 Å². The number of anilines is 1. The van der Waals surface area contributed by atoms with Crippen LogP contribution in [0.15, 0.2) is 30.3 Å². The van der Waals surface area contributed by atoms with Crippen LogP contribution < -0.4 is 10.5 Å². The van der Waals surface area contributed by atoms with Gasteiger partial charge in [0, 0.05) is 0 Å². The highest BCUT2D eigenvalue weighted by molar-refractivity contribution is 5.51. The van der Waals surface area contributed by atoms with E-state index in [-0.39, 0.29) is 0 Å². The Bertz CT molecular complexity index is 551. The molecule has 0 amide bonds. The van der Waals surface area contributed by atoms with E-state index in [2.05, 4.69) is 5.10 Å². The van der Waals surface area contributed by atoms with Crippen molar-refractivity contribution in [3.05, 3.63) is 35.9 Å². The molecule has 1 heterocycles. The van der Waals surface area contributed by atoms with Gasteiger partial charge in [-0.2, -0.15) is 0 Å². The summed E-state index contributed by atoms with van der Waals surface area (Å²) < 4.78 is 6.95. The molecule has 1 aromatic carbocycles. The lowest BCUT2D eigenvalue weighted by atomic mass is 10.3. The summed E-state index contributed by atoms with van der Waals surface area (Å²) in [5.74, 6) is 0.815. The van der Waals surface area contributed by atoms with E-state index in [4.69, 9.17) is 10.5 Å². The van der Waals surface area contributed by atoms with Crippen molar-refractivity contribution in [2.45, 2.75) is 13.3 Å². The molecule has 6 heteroatoms. The highest BCUT2D eigenvalue weighted by Crippen LogP contribution is 2.26. The molecule has 2 rings (SSSR count). The SMILES string of the molecule is Cc1c(OC(O)N(C)C)nn(-c2ccccc2)c1N. The van der Waals surface area contributed by atoms with Crippen LogP contribution in [-0.4, -0.2) is 40.3 Å². The van der Waals surface area contributed by atoms with Gasteiger partial charge in [-0.05, 0) is 33.2 Å². The minimum Gasteiger partial charge on any atom is -0.432 e. The molecule has 0 saturated heterocycles. The number of nitrogens with two attached hydrogens (primary N) is 1. The van der Waals surface area contributed by atoms with Gasteiger partial charge < -0.3 is 15.6 Å². The van der Waals surface area contributed by atoms with Crippen molar-refractivity contribution in [3.8, 4) is 11.6 Å². The molecule has 0 aliphatic rings. The summed E-state index contributed by atoms with van der Waals surface area (Å²) in [6.45, 7) is 1.81. The Morgan fingerprint density at radius 2 is 1.95 bits per heavy atom. The lowest BCUT2D eigenvalue weighted by Gasteiger charge is -2.18. The first-order valence-electron chi connectivity index (χ1n) is 5.92. The number of para-hydroxylation sites is 1. The number of benzene rings is 1. The van der Waals surface area contributed by atoms with Crippen LogP contribution in [0.1, 0.15) is 5.56 Å². The summed E-state index contributed by atoms with van der Waals surface area (Å²) in [6.07, 6.45) is -1.06. The first-order chi connectivity index (χ1) is 9.00. The number of hydrogen-bond acceptors (Lipinski definition) is 5. The van der Waals surface area contributed by atoms with Crippen molar-refractivity contribution in [2.75, 3.05) is 19.8 Å². The molecular formula is C13H18N4O2. The molecular weight excluding hydrogens is 244 g/mol. The van der Waals surface area contributed by atoms with Crippen LogP contribution >= 0.6 is 0 Å². The van der Waals surface area contributed by atoms with E-state index in [1.165, 1.54) is 4.90 Å². The molecule has 0 aliphatic heterocycles. The number of hydrogen-bond donors (Lipinski definition) is 2. The largest absolute Gasteiger partial charge is 0.432 e. The summed E-state index contributed by atoms with van der Waals surface area (Å²) >= 11 is 0. The van der Waals surface area contributed by atoms with E-state index < -0.39 is 6.41 Å². The Labute approximate surface area is 112 Å². The maximum atomic E-state index is 9.69. The van der Waals surface area contributed by atoms with Crippen molar-refractivity contribution in [3.63, 3.8) is 0 Å². The van der Waals surface area contributed by atoms with Crippen LogP contribution in [0.25, 0.3) is 5.69 Å². The summed E-state index contributed by atoms with van der Waals surface area (Å²) in [5.41, 5.74) is 7.56. The van der Waals surface area contributed by atoms with Gasteiger partial charge in [-0.25, -0.2) is 4.68 Å². The maximum Gasteiger partial charge on any atom is 0.261 e. The molecule has 6 nitrogen and oxygen atoms in total. The maximum absolute atomic E-state index is 9.69. The molecule has 2 aromatic rings. The first-order valence-corrected chi connectivity index (χ1v) is 5.92. The quantitative estimate of drug-likeness (QED) is 0.803. The van der Waals surface area contributed by atoms with Gasteiger partial charge in [-0.15, -0.1) is 5.10 Å². The van der Waals surface area contributed by atoms with Crippen molar-refractivity contribution >= 4 is 5.82 Å². The van der Waals surface area contributed by atoms with Gasteiger partial charge in [0.15, 0.2) is 0 Å². The number of aliphatic hydroxyl groups excluding tert-OH is 1. The molecule has 0 aliphatic carbocycles. The van der Waals surface area contributed by atoms with E-state index in [1.54, 1.807) is 25.7 Å². The fourth-order valence-electron chi connectivity index (χ4n) is 1.57. The zero-order valence-corrected chi connectivity index (χ0v) is 11.2. The van der Waals surface area contributed by atoms with Crippen LogP contribution in [0.5, 0.6) is 5.88 Å². The minimum atomic E-state index is -1.06. The predicted molar refractivity (Wildman–Crippen MR) is 73.0 cm³/mol. The molecule has 1 aromatic heterocycles. The van der Waals surface area contributed by atoms with Gasteiger partial charge in [0.1, 0.15) is 5.82 Å². The molecule has 0 bridgehead atoms. The number of aliphatic hydroxyl groups is 1. The highest BCUT2D eigenvalue weighted by Gasteiger charge is 2.18. The molecule has 102 valence electrons. The van der Waals surface area contributed by atoms with Crippen LogP contribution in [0.4, 0.5) is 5.82 Å². The van der Waals surface area contributed by atoms with E-state index in [0.29, 0.717) is 17.3 Å². The van der Waals surface area contributed by atoms with E-state index >= 15 is 0 Å². The van der Waals surface area contributed by atoms with Gasteiger partial charge in [0.25, 0.3) is 6.41 Å². The third kappa shape index (κ3) is 2.69. The monoisotopic (exact) mass is 262 g/mol. The van der Waals surface area contributed by atoms with Crippen molar-refractivity contribution < 1.29 is 9.84 Å². The minimum absolute atomic E-state index is 0.322. The van der Waals surface area contributed by atoms with Crippen molar-refractivity contribution in [2.24, 2.45) is 0 Å². The zero-order chi connectivity index (χ0) is 14.0. The average molecular weight is 262 g/mol. The zero-order valence-electron chi connectivity index (χ0n) is 11.2. The fourth-order valence-corrected chi connectivity index (χ4v) is 1.57. The summed E-state index contributed by atoms with van der Waals surface area (Å²) in [4.78, 5) is 1.52. The summed E-state index contributed by atoms with van der Waals surface area (Å²) in [6, 6.07) is 9.52. The average Bonchev–Trinajstić information content (AvgIpc) is 2.68. The molecule has 3 N–H and O–H groups in total. The summed E-state index contributed by atoms with van der Waals surface area (Å²) in [7, 11) is 3.41. The molecule has 0 spiro atoms. The third-order valence-corrected chi connectivity index (χ3v) is 2.78. The van der Waals surface area contributed by atoms with Crippen LogP contribution in [-0.2, 0) is 0 Å². The first kappa shape index (κ1) is 13.4. The van der Waals surface area contributed by atoms with Gasteiger partial charge in [0.05, 0.1) is 11.3 Å². The second kappa shape index (κ2) is 5.29. The van der Waals surface area contributed by atoms with Gasteiger partial charge >= 0.3 is 0 Å². The molecule has 19 heavy (non-hydrogen) atoms. The molecule has 0 radical (unpaired) electrons. The Hall–Kier alpha value is -2.05. The third-order valence-electron chi connectivity index (χ3n) is 2.78. The van der Waals surface area contributed by atoms with Crippen molar-refractivity contribution in [1.29, 1.82) is 0 Å². The number of nitrogen functional groups attached to an aromatic ring is 1. The number of nitrogens with zero attached hydrogens (tertiary/aromatic N) is 3. The smallest absolute Gasteiger partial charge is 0.261 e. The Morgan fingerprint density at radius 1 is 1.32 bits per heavy atom. The molecule has 1 atom stereocenters. The second-order valence-corrected chi connectivity index (χ2v) is 4.47. The number of aromatic nitrogens is 2. The molecule has 0 saturated carbocycles. The lowest BCUT2D eigenvalue weighted by molar-refractivity contribution is -0.116. The van der Waals surface area contributed by atoms with Crippen LogP contribution in [0, 0.1) is 6.92 Å². The van der Waals surface area contributed by atoms with E-state index in [9.17, 15) is 5.11 Å². The predicted octanol–water partition coefficient (Wildman–Crippen LogP) is 0.979. The van der Waals surface area contributed by atoms with E-state index in [0.717, 1.165) is 5.69 Å². The summed E-state index contributed by atoms with van der Waals surface area (Å²) in [5, 5.41) is 14.0. The number of rotatable bonds is 4. The van der Waals surface area contributed by atoms with Gasteiger partial charge in [-0.3, -0.25) is 4.90 Å². The van der Waals surface area contributed by atoms with Gasteiger partial charge in [-0.1, -0.05) is 18.2 Å². The standard InChI is InChI=1S/C13H18N4O2/c1-9-11(14)17(10-7-5-4-6-8-10)15-12(9)19-13(18)16(2)3/h4-8,13,18H,14H2,1-3H3. The lowest BCUT2D eigenvalue weighted by Crippen LogP contribution is -2.33. The molecule has 0 fully saturated rings. The second-order valence-electron chi connectivity index (χ2n) is 4.47. The Morgan fingerprint density at radius 3 is 2.53 bits per heavy atom. The Kier molecular flexibility index (Phi) is 3.73. The highest BCUT2D eigenvalue weighted by atomic mass is 16.6.